The van der Waals surface area contributed by atoms with Gasteiger partial charge < -0.3 is 4.79 Å². The van der Waals surface area contributed by atoms with Gasteiger partial charge in [-0.3, -0.25) is 0 Å². The molecule has 0 amide bonds. The van der Waals surface area contributed by atoms with Crippen LogP contribution >= 0.6 is 0 Å². The molecule has 0 heterocycles. The molecule has 0 bridgehead atoms. The molecular weight excluding hydrogens is 136 g/mol. The summed E-state index contributed by atoms with van der Waals surface area (Å²) in [5, 5.41) is 0. The number of carbonyl (C=O) groups excluding carboxylic acids is 1. The van der Waals surface area contributed by atoms with Crippen molar-refractivity contribution >= 4 is 6.29 Å². The molecule has 0 aliphatic heterocycles. The normalized spacial score (nSPS) is 42.0. The van der Waals surface area contributed by atoms with Crippen LogP contribution in [0.4, 0.5) is 0 Å². The van der Waals surface area contributed by atoms with Crippen LogP contribution in [0.3, 0.4) is 0 Å². The van der Waals surface area contributed by atoms with Crippen molar-refractivity contribution in [3.8, 4) is 0 Å². The van der Waals surface area contributed by atoms with Gasteiger partial charge in [0.25, 0.3) is 0 Å². The second kappa shape index (κ2) is 2.47. The first kappa shape index (κ1) is 7.08. The van der Waals surface area contributed by atoms with E-state index in [1.165, 1.54) is 19.1 Å². The number of fused-ring (bicyclic) bond motifs is 1. The topological polar surface area (TPSA) is 17.1 Å². The quantitative estimate of drug-likeness (QED) is 0.414. The van der Waals surface area contributed by atoms with Crippen LogP contribution in [0.2, 0.25) is 0 Å². The molecule has 60 valence electrons. The summed E-state index contributed by atoms with van der Waals surface area (Å²) in [6.07, 6.45) is 11.4. The van der Waals surface area contributed by atoms with E-state index in [0.717, 1.165) is 19.3 Å². The highest BCUT2D eigenvalue weighted by Crippen LogP contribution is 2.48. The Kier molecular flexibility index (Phi) is 1.59. The lowest BCUT2D eigenvalue weighted by atomic mass is 9.72. The van der Waals surface area contributed by atoms with E-state index in [-0.39, 0.29) is 5.41 Å². The summed E-state index contributed by atoms with van der Waals surface area (Å²) < 4.78 is 0. The van der Waals surface area contributed by atoms with Crippen molar-refractivity contribution in [2.24, 2.45) is 11.3 Å². The minimum absolute atomic E-state index is 0.0642. The molecule has 0 radical (unpaired) electrons. The number of rotatable bonds is 1. The van der Waals surface area contributed by atoms with E-state index in [9.17, 15) is 4.79 Å². The Morgan fingerprint density at radius 2 is 2.36 bits per heavy atom. The van der Waals surface area contributed by atoms with E-state index < -0.39 is 0 Å². The van der Waals surface area contributed by atoms with Crippen LogP contribution in [-0.4, -0.2) is 6.29 Å². The second-order valence-corrected chi connectivity index (χ2v) is 3.85. The van der Waals surface area contributed by atoms with Crippen LogP contribution in [0.5, 0.6) is 0 Å². The van der Waals surface area contributed by atoms with Crippen molar-refractivity contribution in [2.45, 2.75) is 32.1 Å². The molecule has 0 aromatic carbocycles. The molecule has 0 aromatic heterocycles. The first-order valence-corrected chi connectivity index (χ1v) is 4.49. The maximum Gasteiger partial charge on any atom is 0.126 e. The molecule has 0 N–H and O–H groups in total. The zero-order valence-corrected chi connectivity index (χ0v) is 6.75. The smallest absolute Gasteiger partial charge is 0.126 e. The highest BCUT2D eigenvalue weighted by Gasteiger charge is 2.42. The third-order valence-corrected chi connectivity index (χ3v) is 3.33. The molecule has 2 rings (SSSR count). The Morgan fingerprint density at radius 3 is 3.09 bits per heavy atom. The summed E-state index contributed by atoms with van der Waals surface area (Å²) in [6.45, 7) is 0. The van der Waals surface area contributed by atoms with E-state index in [2.05, 4.69) is 12.2 Å². The summed E-state index contributed by atoms with van der Waals surface area (Å²) in [6, 6.07) is 0. The van der Waals surface area contributed by atoms with E-state index >= 15 is 0 Å². The van der Waals surface area contributed by atoms with E-state index in [1.54, 1.807) is 0 Å². The number of aldehydes is 1. The van der Waals surface area contributed by atoms with Crippen molar-refractivity contribution in [3.63, 3.8) is 0 Å². The van der Waals surface area contributed by atoms with Crippen LogP contribution in [0.25, 0.3) is 0 Å². The molecule has 0 unspecified atom stereocenters. The summed E-state index contributed by atoms with van der Waals surface area (Å²) >= 11 is 0. The standard InChI is InChI=1S/C10H14O/c11-8-10-6-2-1-4-9(10)5-3-7-10/h1-2,8-9H,3-7H2/t9-,10+/m1/s1. The van der Waals surface area contributed by atoms with Gasteiger partial charge in [-0.2, -0.15) is 0 Å². The molecule has 1 nitrogen and oxygen atoms in total. The van der Waals surface area contributed by atoms with Crippen LogP contribution in [0.1, 0.15) is 32.1 Å². The van der Waals surface area contributed by atoms with Gasteiger partial charge in [0.2, 0.25) is 0 Å². The van der Waals surface area contributed by atoms with Gasteiger partial charge in [-0.05, 0) is 31.6 Å². The molecule has 0 aromatic rings. The fourth-order valence-corrected chi connectivity index (χ4v) is 2.56. The van der Waals surface area contributed by atoms with Crippen molar-refractivity contribution < 1.29 is 4.79 Å². The van der Waals surface area contributed by atoms with Gasteiger partial charge in [0.05, 0.1) is 0 Å². The maximum atomic E-state index is 10.9. The summed E-state index contributed by atoms with van der Waals surface area (Å²) in [7, 11) is 0. The Balaban J connectivity index is 2.26. The Morgan fingerprint density at radius 1 is 1.45 bits per heavy atom. The van der Waals surface area contributed by atoms with E-state index in [0.29, 0.717) is 5.92 Å². The Labute approximate surface area is 67.5 Å². The molecule has 1 fully saturated rings. The zero-order valence-electron chi connectivity index (χ0n) is 6.75. The van der Waals surface area contributed by atoms with Gasteiger partial charge in [0, 0.05) is 5.41 Å². The van der Waals surface area contributed by atoms with Crippen LogP contribution in [0.15, 0.2) is 12.2 Å². The molecular formula is C10H14O. The summed E-state index contributed by atoms with van der Waals surface area (Å²) in [5.74, 6) is 0.671. The number of hydrogen-bond acceptors (Lipinski definition) is 1. The second-order valence-electron chi connectivity index (χ2n) is 3.85. The van der Waals surface area contributed by atoms with E-state index in [4.69, 9.17) is 0 Å². The largest absolute Gasteiger partial charge is 0.303 e. The van der Waals surface area contributed by atoms with Crippen molar-refractivity contribution in [3.05, 3.63) is 12.2 Å². The molecule has 0 saturated heterocycles. The molecule has 2 atom stereocenters. The lowest BCUT2D eigenvalue weighted by Gasteiger charge is -2.31. The lowest BCUT2D eigenvalue weighted by molar-refractivity contribution is -0.118. The van der Waals surface area contributed by atoms with Gasteiger partial charge in [0.15, 0.2) is 0 Å². The summed E-state index contributed by atoms with van der Waals surface area (Å²) in [5.41, 5.74) is 0.0642. The molecule has 1 heteroatoms. The Hall–Kier alpha value is -0.590. The predicted octanol–water partition coefficient (Wildman–Crippen LogP) is 2.32. The minimum atomic E-state index is 0.0642. The van der Waals surface area contributed by atoms with Crippen molar-refractivity contribution in [1.82, 2.24) is 0 Å². The highest BCUT2D eigenvalue weighted by molar-refractivity contribution is 5.61. The predicted molar refractivity (Wildman–Crippen MR) is 44.2 cm³/mol. The van der Waals surface area contributed by atoms with Gasteiger partial charge in [0.1, 0.15) is 6.29 Å². The SMILES string of the molecule is O=C[C@@]12CC=CC[C@@H]1CCC2. The monoisotopic (exact) mass is 150 g/mol. The Bertz CT molecular complexity index is 195. The van der Waals surface area contributed by atoms with E-state index in [1.807, 2.05) is 0 Å². The first-order valence-electron chi connectivity index (χ1n) is 4.49. The van der Waals surface area contributed by atoms with Crippen LogP contribution in [-0.2, 0) is 4.79 Å². The third kappa shape index (κ3) is 0.943. The van der Waals surface area contributed by atoms with Crippen LogP contribution in [0, 0.1) is 11.3 Å². The minimum Gasteiger partial charge on any atom is -0.303 e. The first-order chi connectivity index (χ1) is 5.37. The van der Waals surface area contributed by atoms with Gasteiger partial charge in [-0.1, -0.05) is 18.6 Å². The fourth-order valence-electron chi connectivity index (χ4n) is 2.56. The molecule has 2 aliphatic rings. The number of allylic oxidation sites excluding steroid dienone is 2. The number of carbonyl (C=O) groups is 1. The number of hydrogen-bond donors (Lipinski definition) is 0. The highest BCUT2D eigenvalue weighted by atomic mass is 16.1. The average molecular weight is 150 g/mol. The molecule has 0 spiro atoms. The fraction of sp³-hybridized carbons (Fsp3) is 0.700. The lowest BCUT2D eigenvalue weighted by Crippen LogP contribution is -2.28. The van der Waals surface area contributed by atoms with Gasteiger partial charge >= 0.3 is 0 Å². The van der Waals surface area contributed by atoms with Crippen molar-refractivity contribution in [2.75, 3.05) is 0 Å². The average Bonchev–Trinajstić information content (AvgIpc) is 2.48. The molecule has 2 aliphatic carbocycles. The van der Waals surface area contributed by atoms with Crippen molar-refractivity contribution in [1.29, 1.82) is 0 Å². The molecule has 11 heavy (non-hydrogen) atoms. The zero-order chi connectivity index (χ0) is 7.73. The van der Waals surface area contributed by atoms with Gasteiger partial charge in [-0.25, -0.2) is 0 Å². The third-order valence-electron chi connectivity index (χ3n) is 3.33. The van der Waals surface area contributed by atoms with Crippen LogP contribution < -0.4 is 0 Å². The molecule has 1 saturated carbocycles. The maximum absolute atomic E-state index is 10.9. The summed E-state index contributed by atoms with van der Waals surface area (Å²) in [4.78, 5) is 10.9. The van der Waals surface area contributed by atoms with Gasteiger partial charge in [-0.15, -0.1) is 0 Å².